The van der Waals surface area contributed by atoms with Gasteiger partial charge in [-0.3, -0.25) is 4.57 Å². The first kappa shape index (κ1) is 15.5. The van der Waals surface area contributed by atoms with Crippen molar-refractivity contribution in [2.24, 2.45) is 0 Å². The van der Waals surface area contributed by atoms with E-state index >= 15 is 0 Å². The van der Waals surface area contributed by atoms with Crippen molar-refractivity contribution in [1.29, 1.82) is 0 Å². The summed E-state index contributed by atoms with van der Waals surface area (Å²) in [5.41, 5.74) is 1.00. The second-order valence-electron chi connectivity index (χ2n) is 5.33. The van der Waals surface area contributed by atoms with E-state index in [0.717, 1.165) is 0 Å². The number of imidazole rings is 1. The molecule has 24 heavy (non-hydrogen) atoms. The zero-order valence-electron chi connectivity index (χ0n) is 12.1. The first-order chi connectivity index (χ1) is 11.6. The summed E-state index contributed by atoms with van der Waals surface area (Å²) in [5.74, 6) is 0.444. The fourth-order valence-corrected chi connectivity index (χ4v) is 2.91. The van der Waals surface area contributed by atoms with Crippen molar-refractivity contribution in [3.63, 3.8) is 0 Å². The Morgan fingerprint density at radius 2 is 2.21 bits per heavy atom. The van der Waals surface area contributed by atoms with E-state index in [1.165, 1.54) is 17.2 Å². The number of hydrogen-bond donors (Lipinski definition) is 2. The summed E-state index contributed by atoms with van der Waals surface area (Å²) in [6.45, 7) is -0.547. The Balaban J connectivity index is 1.84. The van der Waals surface area contributed by atoms with Crippen molar-refractivity contribution in [2.75, 3.05) is 6.61 Å². The van der Waals surface area contributed by atoms with Crippen molar-refractivity contribution >= 4 is 22.8 Å². The van der Waals surface area contributed by atoms with E-state index in [0.29, 0.717) is 17.0 Å². The SMILES string of the molecule is OCC1OC(n2cnc3c(-c4ccco4)nc(Cl)nc32)C(O)C1F. The van der Waals surface area contributed by atoms with E-state index in [-0.39, 0.29) is 10.9 Å². The maximum Gasteiger partial charge on any atom is 0.225 e. The molecule has 1 fully saturated rings. The molecular weight excluding hydrogens is 343 g/mol. The number of furan rings is 1. The van der Waals surface area contributed by atoms with Crippen LogP contribution in [-0.2, 0) is 4.74 Å². The van der Waals surface area contributed by atoms with Crippen LogP contribution < -0.4 is 0 Å². The Kier molecular flexibility index (Phi) is 3.72. The number of hydrogen-bond acceptors (Lipinski definition) is 7. The van der Waals surface area contributed by atoms with E-state index in [1.54, 1.807) is 12.1 Å². The van der Waals surface area contributed by atoms with Gasteiger partial charge >= 0.3 is 0 Å². The molecule has 0 spiro atoms. The standard InChI is InChI=1S/C14H12ClFN4O4/c15-14-18-9(6-2-1-3-23-6)10-12(19-14)20(5-17-10)13-11(22)8(16)7(4-21)24-13/h1-3,5,7-8,11,13,21-22H,4H2. The molecule has 2 N–H and O–H groups in total. The fraction of sp³-hybridized carbons (Fsp3) is 0.357. The van der Waals surface area contributed by atoms with Crippen LogP contribution in [0.25, 0.3) is 22.6 Å². The summed E-state index contributed by atoms with van der Waals surface area (Å²) in [6, 6.07) is 3.38. The highest BCUT2D eigenvalue weighted by molar-refractivity contribution is 6.28. The first-order valence-corrected chi connectivity index (χ1v) is 7.50. The summed E-state index contributed by atoms with van der Waals surface area (Å²) >= 11 is 5.97. The Morgan fingerprint density at radius 1 is 1.38 bits per heavy atom. The molecule has 3 aromatic heterocycles. The number of nitrogens with zero attached hydrogens (tertiary/aromatic N) is 4. The predicted molar refractivity (Wildman–Crippen MR) is 79.9 cm³/mol. The molecule has 8 nitrogen and oxygen atoms in total. The highest BCUT2D eigenvalue weighted by atomic mass is 35.5. The smallest absolute Gasteiger partial charge is 0.225 e. The summed E-state index contributed by atoms with van der Waals surface area (Å²) in [7, 11) is 0. The molecule has 1 aliphatic rings. The summed E-state index contributed by atoms with van der Waals surface area (Å²) in [5, 5.41) is 19.1. The minimum absolute atomic E-state index is 0.0568. The van der Waals surface area contributed by atoms with Gasteiger partial charge < -0.3 is 19.4 Å². The number of aliphatic hydroxyl groups excluding tert-OH is 2. The van der Waals surface area contributed by atoms with Crippen LogP contribution in [-0.4, -0.2) is 54.7 Å². The van der Waals surface area contributed by atoms with Gasteiger partial charge in [0.2, 0.25) is 5.28 Å². The second kappa shape index (κ2) is 5.78. The highest BCUT2D eigenvalue weighted by Gasteiger charge is 2.45. The maximum absolute atomic E-state index is 14.0. The molecule has 3 aromatic rings. The third kappa shape index (κ3) is 2.28. The number of fused-ring (bicyclic) bond motifs is 1. The van der Waals surface area contributed by atoms with E-state index in [1.807, 2.05) is 0 Å². The molecule has 0 aliphatic carbocycles. The number of alkyl halides is 1. The molecule has 0 saturated carbocycles. The number of aromatic nitrogens is 4. The van der Waals surface area contributed by atoms with Gasteiger partial charge in [-0.05, 0) is 23.7 Å². The van der Waals surface area contributed by atoms with Crippen LogP contribution in [0.5, 0.6) is 0 Å². The summed E-state index contributed by atoms with van der Waals surface area (Å²) < 4.78 is 26.0. The lowest BCUT2D eigenvalue weighted by Gasteiger charge is -2.16. The van der Waals surface area contributed by atoms with Gasteiger partial charge in [0.1, 0.15) is 23.4 Å². The molecule has 126 valence electrons. The number of ether oxygens (including phenoxy) is 1. The van der Waals surface area contributed by atoms with Crippen molar-refractivity contribution in [2.45, 2.75) is 24.6 Å². The van der Waals surface area contributed by atoms with Gasteiger partial charge in [0.15, 0.2) is 23.8 Å². The molecule has 0 radical (unpaired) electrons. The summed E-state index contributed by atoms with van der Waals surface area (Å²) in [4.78, 5) is 12.4. The number of aliphatic hydroxyl groups is 2. The molecule has 4 rings (SSSR count). The van der Waals surface area contributed by atoms with Crippen LogP contribution in [0.3, 0.4) is 0 Å². The van der Waals surface area contributed by atoms with Gasteiger partial charge in [0.05, 0.1) is 19.2 Å². The Hall–Kier alpha value is -2.07. The number of halogens is 2. The van der Waals surface area contributed by atoms with Crippen molar-refractivity contribution in [3.05, 3.63) is 30.0 Å². The largest absolute Gasteiger partial charge is 0.463 e. The molecule has 4 atom stereocenters. The fourth-order valence-electron chi connectivity index (χ4n) is 2.75. The van der Waals surface area contributed by atoms with E-state index in [9.17, 15) is 9.50 Å². The van der Waals surface area contributed by atoms with Gasteiger partial charge in [-0.25, -0.2) is 14.4 Å². The van der Waals surface area contributed by atoms with Gasteiger partial charge in [-0.15, -0.1) is 0 Å². The predicted octanol–water partition coefficient (Wildman–Crippen LogP) is 1.33. The Morgan fingerprint density at radius 3 is 2.88 bits per heavy atom. The van der Waals surface area contributed by atoms with Crippen LogP contribution >= 0.6 is 11.6 Å². The average molecular weight is 355 g/mol. The lowest BCUT2D eigenvalue weighted by molar-refractivity contribution is -0.0495. The third-order valence-corrected chi connectivity index (χ3v) is 4.06. The Bertz CT molecular complexity index is 871. The van der Waals surface area contributed by atoms with Crippen molar-refractivity contribution in [1.82, 2.24) is 19.5 Å². The molecule has 4 heterocycles. The molecular formula is C14H12ClFN4O4. The monoisotopic (exact) mass is 354 g/mol. The quantitative estimate of drug-likeness (QED) is 0.683. The van der Waals surface area contributed by atoms with Crippen LogP contribution in [0, 0.1) is 0 Å². The topological polar surface area (TPSA) is 106 Å². The lowest BCUT2D eigenvalue weighted by Crippen LogP contribution is -2.29. The molecule has 10 heteroatoms. The lowest BCUT2D eigenvalue weighted by atomic mass is 10.1. The molecule has 1 saturated heterocycles. The van der Waals surface area contributed by atoms with E-state index in [2.05, 4.69) is 15.0 Å². The normalized spacial score (nSPS) is 27.2. The molecule has 0 aromatic carbocycles. The van der Waals surface area contributed by atoms with Gasteiger partial charge in [-0.1, -0.05) is 0 Å². The van der Waals surface area contributed by atoms with Crippen LogP contribution in [0.4, 0.5) is 4.39 Å². The van der Waals surface area contributed by atoms with Crippen LogP contribution in [0.15, 0.2) is 29.1 Å². The van der Waals surface area contributed by atoms with E-state index < -0.39 is 31.2 Å². The minimum atomic E-state index is -1.72. The van der Waals surface area contributed by atoms with Crippen LogP contribution in [0.1, 0.15) is 6.23 Å². The summed E-state index contributed by atoms with van der Waals surface area (Å²) in [6.07, 6.45) is -2.57. The van der Waals surface area contributed by atoms with Crippen LogP contribution in [0.2, 0.25) is 5.28 Å². The van der Waals surface area contributed by atoms with Crippen molar-refractivity contribution < 1.29 is 23.8 Å². The maximum atomic E-state index is 14.0. The minimum Gasteiger partial charge on any atom is -0.463 e. The van der Waals surface area contributed by atoms with Gasteiger partial charge in [-0.2, -0.15) is 4.98 Å². The van der Waals surface area contributed by atoms with E-state index in [4.69, 9.17) is 25.9 Å². The number of rotatable bonds is 3. The van der Waals surface area contributed by atoms with Gasteiger partial charge in [0, 0.05) is 0 Å². The Labute approximate surface area is 139 Å². The average Bonchev–Trinajstić information content (AvgIpc) is 3.28. The molecule has 0 amide bonds. The molecule has 1 aliphatic heterocycles. The van der Waals surface area contributed by atoms with Crippen molar-refractivity contribution in [3.8, 4) is 11.5 Å². The third-order valence-electron chi connectivity index (χ3n) is 3.89. The second-order valence-corrected chi connectivity index (χ2v) is 5.66. The zero-order chi connectivity index (χ0) is 16.8. The van der Waals surface area contributed by atoms with Gasteiger partial charge in [0.25, 0.3) is 0 Å². The zero-order valence-corrected chi connectivity index (χ0v) is 12.8. The first-order valence-electron chi connectivity index (χ1n) is 7.12. The molecule has 4 unspecified atom stereocenters. The highest BCUT2D eigenvalue weighted by Crippen LogP contribution is 2.35. The molecule has 0 bridgehead atoms.